The molecule has 0 aliphatic carbocycles. The van der Waals surface area contributed by atoms with Crippen LogP contribution in [0.3, 0.4) is 0 Å². The molecule has 0 atom stereocenters. The second-order valence-electron chi connectivity index (χ2n) is 4.02. The smallest absolute Gasteiger partial charge is 0.119 e. The fourth-order valence-electron chi connectivity index (χ4n) is 1.52. The van der Waals surface area contributed by atoms with Gasteiger partial charge in [-0.3, -0.25) is 4.90 Å². The Balaban J connectivity index is 1.70. The number of hydrogen-bond acceptors (Lipinski definition) is 4. The minimum absolute atomic E-state index is 0.655. The number of ether oxygens (including phenoxy) is 1. The fraction of sp³-hybridized carbons (Fsp3) is 0.308. The van der Waals surface area contributed by atoms with Gasteiger partial charge >= 0.3 is 0 Å². The van der Waals surface area contributed by atoms with Gasteiger partial charge in [0.2, 0.25) is 0 Å². The highest BCUT2D eigenvalue weighted by Crippen LogP contribution is 2.15. The highest BCUT2D eigenvalue weighted by molar-refractivity contribution is 7.07. The molecule has 18 heavy (non-hydrogen) atoms. The van der Waals surface area contributed by atoms with Gasteiger partial charge in [0.25, 0.3) is 0 Å². The topological polar surface area (TPSA) is 25.4 Å². The maximum atomic E-state index is 5.81. The second-order valence-corrected chi connectivity index (χ2v) is 5.18. The monoisotopic (exact) mass is 282 g/mol. The molecule has 0 unspecified atom stereocenters. The standard InChI is InChI=1S/C13H15ClN2OS/c1-16(8-12-9-18-10-15-12)6-7-17-13-4-2-11(14)3-5-13/h2-5,9-10H,6-8H2,1H3. The molecule has 0 aliphatic rings. The van der Waals surface area contributed by atoms with Crippen LogP contribution in [0.25, 0.3) is 0 Å². The summed E-state index contributed by atoms with van der Waals surface area (Å²) >= 11 is 7.43. The summed E-state index contributed by atoms with van der Waals surface area (Å²) < 4.78 is 5.63. The van der Waals surface area contributed by atoms with Crippen molar-refractivity contribution in [3.63, 3.8) is 0 Å². The van der Waals surface area contributed by atoms with Crippen molar-refractivity contribution in [2.24, 2.45) is 0 Å². The number of hydrogen-bond donors (Lipinski definition) is 0. The van der Waals surface area contributed by atoms with E-state index >= 15 is 0 Å². The first-order chi connectivity index (χ1) is 8.74. The van der Waals surface area contributed by atoms with Gasteiger partial charge in [-0.2, -0.15) is 0 Å². The first-order valence-electron chi connectivity index (χ1n) is 5.68. The Morgan fingerprint density at radius 3 is 2.78 bits per heavy atom. The maximum absolute atomic E-state index is 5.81. The van der Waals surface area contributed by atoms with Crippen molar-refractivity contribution in [1.82, 2.24) is 9.88 Å². The van der Waals surface area contributed by atoms with Crippen molar-refractivity contribution in [3.05, 3.63) is 45.9 Å². The second kappa shape index (κ2) is 6.73. The van der Waals surface area contributed by atoms with E-state index in [4.69, 9.17) is 16.3 Å². The molecule has 0 amide bonds. The first kappa shape index (κ1) is 13.3. The van der Waals surface area contributed by atoms with Gasteiger partial charge in [0.05, 0.1) is 11.2 Å². The van der Waals surface area contributed by atoms with Gasteiger partial charge in [0.15, 0.2) is 0 Å². The molecule has 2 aromatic rings. The highest BCUT2D eigenvalue weighted by Gasteiger charge is 2.02. The van der Waals surface area contributed by atoms with Crippen molar-refractivity contribution < 1.29 is 4.74 Å². The van der Waals surface area contributed by atoms with E-state index in [9.17, 15) is 0 Å². The van der Waals surface area contributed by atoms with E-state index in [-0.39, 0.29) is 0 Å². The molecule has 0 fully saturated rings. The summed E-state index contributed by atoms with van der Waals surface area (Å²) in [5, 5.41) is 2.79. The van der Waals surface area contributed by atoms with Gasteiger partial charge in [-0.1, -0.05) is 11.6 Å². The summed E-state index contributed by atoms with van der Waals surface area (Å²) in [5.74, 6) is 0.849. The summed E-state index contributed by atoms with van der Waals surface area (Å²) in [6.45, 7) is 2.37. The number of rotatable bonds is 6. The van der Waals surface area contributed by atoms with Crippen LogP contribution >= 0.6 is 22.9 Å². The van der Waals surface area contributed by atoms with Crippen molar-refractivity contribution >= 4 is 22.9 Å². The minimum Gasteiger partial charge on any atom is -0.492 e. The number of aromatic nitrogens is 1. The van der Waals surface area contributed by atoms with Crippen LogP contribution in [0.4, 0.5) is 0 Å². The molecule has 1 aromatic heterocycles. The van der Waals surface area contributed by atoms with Crippen LogP contribution in [0.1, 0.15) is 5.69 Å². The summed E-state index contributed by atoms with van der Waals surface area (Å²) in [6.07, 6.45) is 0. The number of likely N-dealkylation sites (N-methyl/N-ethyl adjacent to an activating group) is 1. The van der Waals surface area contributed by atoms with Crippen LogP contribution in [0, 0.1) is 0 Å². The molecule has 0 saturated carbocycles. The van der Waals surface area contributed by atoms with Gasteiger partial charge < -0.3 is 4.74 Å². The lowest BCUT2D eigenvalue weighted by Gasteiger charge is -2.15. The van der Waals surface area contributed by atoms with E-state index in [1.54, 1.807) is 11.3 Å². The average Bonchev–Trinajstić information content (AvgIpc) is 2.84. The first-order valence-corrected chi connectivity index (χ1v) is 7.00. The summed E-state index contributed by atoms with van der Waals surface area (Å²) in [6, 6.07) is 7.41. The Morgan fingerprint density at radius 2 is 2.11 bits per heavy atom. The highest BCUT2D eigenvalue weighted by atomic mass is 35.5. The average molecular weight is 283 g/mol. The molecule has 96 valence electrons. The molecule has 1 aromatic carbocycles. The van der Waals surface area contributed by atoms with E-state index in [0.29, 0.717) is 6.61 Å². The van der Waals surface area contributed by atoms with Crippen LogP contribution in [0.2, 0.25) is 5.02 Å². The molecule has 5 heteroatoms. The number of nitrogens with zero attached hydrogens (tertiary/aromatic N) is 2. The quantitative estimate of drug-likeness (QED) is 0.813. The normalized spacial score (nSPS) is 10.8. The van der Waals surface area contributed by atoms with Crippen LogP contribution < -0.4 is 4.74 Å². The summed E-state index contributed by atoms with van der Waals surface area (Å²) in [4.78, 5) is 6.44. The Morgan fingerprint density at radius 1 is 1.33 bits per heavy atom. The predicted octanol–water partition coefficient (Wildman–Crippen LogP) is 3.31. The van der Waals surface area contributed by atoms with Gasteiger partial charge in [-0.15, -0.1) is 11.3 Å². The van der Waals surface area contributed by atoms with Crippen molar-refractivity contribution in [2.45, 2.75) is 6.54 Å². The number of benzene rings is 1. The molecule has 1 heterocycles. The lowest BCUT2D eigenvalue weighted by Crippen LogP contribution is -2.23. The van der Waals surface area contributed by atoms with Gasteiger partial charge in [-0.25, -0.2) is 4.98 Å². The van der Waals surface area contributed by atoms with Gasteiger partial charge in [0.1, 0.15) is 12.4 Å². The number of thiazole rings is 1. The van der Waals surface area contributed by atoms with Crippen molar-refractivity contribution in [1.29, 1.82) is 0 Å². The zero-order chi connectivity index (χ0) is 12.8. The summed E-state index contributed by atoms with van der Waals surface area (Å²) in [7, 11) is 2.06. The molecule has 2 rings (SSSR count). The lowest BCUT2D eigenvalue weighted by molar-refractivity contribution is 0.231. The van der Waals surface area contributed by atoms with Crippen molar-refractivity contribution in [3.8, 4) is 5.75 Å². The summed E-state index contributed by atoms with van der Waals surface area (Å²) in [5.41, 5.74) is 2.96. The van der Waals surface area contributed by atoms with E-state index in [1.807, 2.05) is 29.8 Å². The lowest BCUT2D eigenvalue weighted by atomic mass is 10.3. The number of halogens is 1. The molecule has 0 aliphatic heterocycles. The molecule has 0 saturated heterocycles. The molecule has 0 spiro atoms. The SMILES string of the molecule is CN(CCOc1ccc(Cl)cc1)Cc1cscn1. The zero-order valence-corrected chi connectivity index (χ0v) is 11.7. The van der Waals surface area contributed by atoms with Crippen LogP contribution in [0.5, 0.6) is 5.75 Å². The van der Waals surface area contributed by atoms with Gasteiger partial charge in [0, 0.05) is 23.5 Å². The predicted molar refractivity (Wildman–Crippen MR) is 75.4 cm³/mol. The largest absolute Gasteiger partial charge is 0.492 e. The third-order valence-electron chi connectivity index (χ3n) is 2.47. The molecular formula is C13H15ClN2OS. The molecular weight excluding hydrogens is 268 g/mol. The third kappa shape index (κ3) is 4.29. The molecule has 0 N–H and O–H groups in total. The van der Waals surface area contributed by atoms with E-state index in [2.05, 4.69) is 22.3 Å². The molecule has 0 bridgehead atoms. The van der Waals surface area contributed by atoms with Crippen LogP contribution in [-0.4, -0.2) is 30.1 Å². The van der Waals surface area contributed by atoms with E-state index < -0.39 is 0 Å². The Labute approximate surface area is 116 Å². The Bertz CT molecular complexity index is 458. The van der Waals surface area contributed by atoms with E-state index in [0.717, 1.165) is 29.6 Å². The van der Waals surface area contributed by atoms with E-state index in [1.165, 1.54) is 0 Å². The maximum Gasteiger partial charge on any atom is 0.119 e. The third-order valence-corrected chi connectivity index (χ3v) is 3.36. The van der Waals surface area contributed by atoms with Crippen molar-refractivity contribution in [2.75, 3.05) is 20.2 Å². The fourth-order valence-corrected chi connectivity index (χ4v) is 2.20. The van der Waals surface area contributed by atoms with Crippen LogP contribution in [0.15, 0.2) is 35.2 Å². The molecule has 3 nitrogen and oxygen atoms in total. The van der Waals surface area contributed by atoms with Crippen LogP contribution in [-0.2, 0) is 6.54 Å². The zero-order valence-electron chi connectivity index (χ0n) is 10.2. The minimum atomic E-state index is 0.655. The molecule has 0 radical (unpaired) electrons. The Kier molecular flexibility index (Phi) is 4.99. The van der Waals surface area contributed by atoms with Gasteiger partial charge in [-0.05, 0) is 31.3 Å². The Hall–Kier alpha value is -1.10.